The van der Waals surface area contributed by atoms with E-state index in [2.05, 4.69) is 21.3 Å². The van der Waals surface area contributed by atoms with E-state index in [4.69, 9.17) is 9.47 Å². The Morgan fingerprint density at radius 3 is 1.84 bits per heavy atom. The lowest BCUT2D eigenvalue weighted by Crippen LogP contribution is -2.59. The second-order valence-corrected chi connectivity index (χ2v) is 15.8. The molecule has 2 aromatic carbocycles. The summed E-state index contributed by atoms with van der Waals surface area (Å²) in [6, 6.07) is 9.30. The van der Waals surface area contributed by atoms with Gasteiger partial charge in [0.15, 0.2) is 5.78 Å². The standard InChI is InChI=1S/C41H56F3N5O7/c1-26(2)21-32(36(51)40(5)25-56-40)46-39(54)34(23-29-11-14-30(15-12-29)41(42,43)44)48-38(53)33(22-27(3)4)47-37(52)31(16-13-28-9-7-6-8-10-28)45-35(50)24-49-17-19-55-20-18-49/h6-12,14-15,26-27,31-34H,13,16-25H2,1-5H3,(H,45,50)(H,46,54)(H,47,52)(H,48,53)/t31-,32-,33?,34-,40+/m0/s1. The third kappa shape index (κ3) is 14.0. The highest BCUT2D eigenvalue weighted by Crippen LogP contribution is 2.30. The second-order valence-electron chi connectivity index (χ2n) is 15.8. The van der Waals surface area contributed by atoms with Gasteiger partial charge in [-0.3, -0.25) is 28.9 Å². The fourth-order valence-electron chi connectivity index (χ4n) is 6.54. The molecule has 0 bridgehead atoms. The highest BCUT2D eigenvalue weighted by Gasteiger charge is 2.50. The maximum absolute atomic E-state index is 14.1. The zero-order valence-electron chi connectivity index (χ0n) is 32.9. The number of amides is 4. The number of halogens is 3. The van der Waals surface area contributed by atoms with Crippen molar-refractivity contribution in [2.24, 2.45) is 11.8 Å². The van der Waals surface area contributed by atoms with E-state index in [0.29, 0.717) is 38.3 Å². The molecule has 0 spiro atoms. The molecule has 56 heavy (non-hydrogen) atoms. The van der Waals surface area contributed by atoms with Gasteiger partial charge in [-0.25, -0.2) is 0 Å². The van der Waals surface area contributed by atoms with Gasteiger partial charge in [-0.05, 0) is 67.7 Å². The summed E-state index contributed by atoms with van der Waals surface area (Å²) in [5, 5.41) is 11.2. The first kappa shape index (κ1) is 44.4. The number of nitrogens with one attached hydrogen (secondary N) is 4. The smallest absolute Gasteiger partial charge is 0.379 e. The molecule has 2 heterocycles. The Morgan fingerprint density at radius 2 is 1.27 bits per heavy atom. The Labute approximate surface area is 327 Å². The molecule has 2 saturated heterocycles. The molecule has 1 unspecified atom stereocenters. The molecule has 0 saturated carbocycles. The van der Waals surface area contributed by atoms with Crippen molar-refractivity contribution in [1.82, 2.24) is 26.2 Å². The molecule has 15 heteroatoms. The first-order valence-corrected chi connectivity index (χ1v) is 19.3. The van der Waals surface area contributed by atoms with Gasteiger partial charge in [0, 0.05) is 19.5 Å². The number of hydrogen-bond acceptors (Lipinski definition) is 8. The number of ether oxygens (including phenoxy) is 2. The lowest BCUT2D eigenvalue weighted by Gasteiger charge is -2.29. The van der Waals surface area contributed by atoms with Gasteiger partial charge in [-0.1, -0.05) is 70.2 Å². The van der Waals surface area contributed by atoms with Gasteiger partial charge in [0.1, 0.15) is 23.7 Å². The Hall–Kier alpha value is -4.34. The monoisotopic (exact) mass is 787 g/mol. The lowest BCUT2D eigenvalue weighted by atomic mass is 9.93. The predicted octanol–water partition coefficient (Wildman–Crippen LogP) is 3.60. The number of carbonyl (C=O) groups excluding carboxylic acids is 5. The maximum Gasteiger partial charge on any atom is 0.416 e. The summed E-state index contributed by atoms with van der Waals surface area (Å²) in [6.45, 7) is 11.6. The largest absolute Gasteiger partial charge is 0.416 e. The first-order chi connectivity index (χ1) is 26.4. The number of benzene rings is 2. The Balaban J connectivity index is 1.56. The van der Waals surface area contributed by atoms with Crippen molar-refractivity contribution < 1.29 is 46.6 Å². The summed E-state index contributed by atoms with van der Waals surface area (Å²) in [4.78, 5) is 70.5. The fourth-order valence-corrected chi connectivity index (χ4v) is 6.54. The SMILES string of the molecule is CC(C)CC(NC(=O)[C@H](CCc1ccccc1)NC(=O)CN1CCOCC1)C(=O)N[C@@H](Cc1ccc(C(F)(F)F)cc1)C(=O)N[C@@H](CC(C)C)C(=O)[C@@]1(C)CO1. The fraction of sp³-hybridized carbons (Fsp3) is 0.585. The second kappa shape index (κ2) is 20.2. The van der Waals surface area contributed by atoms with Crippen molar-refractivity contribution in [1.29, 1.82) is 0 Å². The lowest BCUT2D eigenvalue weighted by molar-refractivity contribution is -0.137. The van der Waals surface area contributed by atoms with Gasteiger partial charge >= 0.3 is 6.18 Å². The van der Waals surface area contributed by atoms with Gasteiger partial charge in [0.2, 0.25) is 23.6 Å². The van der Waals surface area contributed by atoms with Crippen LogP contribution in [0.25, 0.3) is 0 Å². The van der Waals surface area contributed by atoms with E-state index in [9.17, 15) is 37.1 Å². The van der Waals surface area contributed by atoms with Gasteiger partial charge in [0.25, 0.3) is 0 Å². The van der Waals surface area contributed by atoms with E-state index in [-0.39, 0.29) is 62.4 Å². The summed E-state index contributed by atoms with van der Waals surface area (Å²) in [7, 11) is 0. The first-order valence-electron chi connectivity index (χ1n) is 19.3. The number of nitrogens with zero attached hydrogens (tertiary/aromatic N) is 1. The quantitative estimate of drug-likeness (QED) is 0.148. The molecule has 2 aliphatic heterocycles. The molecule has 0 aromatic heterocycles. The van der Waals surface area contributed by atoms with Crippen molar-refractivity contribution >= 4 is 29.4 Å². The molecule has 2 fully saturated rings. The molecule has 4 amide bonds. The maximum atomic E-state index is 14.1. The summed E-state index contributed by atoms with van der Waals surface area (Å²) in [5.74, 6) is -2.77. The molecule has 0 radical (unpaired) electrons. The zero-order valence-corrected chi connectivity index (χ0v) is 32.9. The van der Waals surface area contributed by atoms with Gasteiger partial charge in [-0.2, -0.15) is 13.2 Å². The molecular formula is C41H56F3N5O7. The van der Waals surface area contributed by atoms with Crippen LogP contribution >= 0.6 is 0 Å². The summed E-state index contributed by atoms with van der Waals surface area (Å²) in [5.41, 5.74) is -0.626. The Bertz CT molecular complexity index is 1630. The zero-order chi connectivity index (χ0) is 41.0. The van der Waals surface area contributed by atoms with Crippen LogP contribution in [-0.2, 0) is 52.5 Å². The van der Waals surface area contributed by atoms with Crippen molar-refractivity contribution in [3.63, 3.8) is 0 Å². The van der Waals surface area contributed by atoms with E-state index < -0.39 is 59.2 Å². The van der Waals surface area contributed by atoms with E-state index in [0.717, 1.165) is 17.7 Å². The van der Waals surface area contributed by atoms with Crippen molar-refractivity contribution in [2.45, 2.75) is 103 Å². The number of ketones is 1. The average molecular weight is 788 g/mol. The summed E-state index contributed by atoms with van der Waals surface area (Å²) >= 11 is 0. The average Bonchev–Trinajstić information content (AvgIpc) is 3.90. The Morgan fingerprint density at radius 1 is 0.732 bits per heavy atom. The number of aryl methyl sites for hydroxylation is 1. The number of rotatable bonds is 20. The van der Waals surface area contributed by atoms with Crippen LogP contribution in [0, 0.1) is 11.8 Å². The molecular weight excluding hydrogens is 731 g/mol. The summed E-state index contributed by atoms with van der Waals surface area (Å²) < 4.78 is 50.8. The van der Waals surface area contributed by atoms with Crippen LogP contribution in [0.2, 0.25) is 0 Å². The normalized spacial score (nSPS) is 19.4. The van der Waals surface area contributed by atoms with E-state index in [1.165, 1.54) is 12.1 Å². The number of hydrogen-bond donors (Lipinski definition) is 4. The third-order valence-electron chi connectivity index (χ3n) is 9.82. The Kier molecular flexibility index (Phi) is 16.0. The van der Waals surface area contributed by atoms with Gasteiger partial charge in [-0.15, -0.1) is 0 Å². The van der Waals surface area contributed by atoms with Crippen LogP contribution < -0.4 is 21.3 Å². The van der Waals surface area contributed by atoms with E-state index >= 15 is 0 Å². The third-order valence-corrected chi connectivity index (χ3v) is 9.82. The summed E-state index contributed by atoms with van der Waals surface area (Å²) in [6.07, 6.45) is -3.60. The molecule has 2 aliphatic rings. The number of epoxide rings is 1. The van der Waals surface area contributed by atoms with Crippen LogP contribution in [0.1, 0.15) is 70.6 Å². The van der Waals surface area contributed by atoms with Crippen molar-refractivity contribution in [3.8, 4) is 0 Å². The molecule has 308 valence electrons. The van der Waals surface area contributed by atoms with Crippen LogP contribution in [0.5, 0.6) is 0 Å². The minimum atomic E-state index is -4.57. The predicted molar refractivity (Wildman–Crippen MR) is 203 cm³/mol. The highest BCUT2D eigenvalue weighted by atomic mass is 19.4. The van der Waals surface area contributed by atoms with Crippen LogP contribution in [-0.4, -0.2) is 104 Å². The van der Waals surface area contributed by atoms with Gasteiger partial charge in [0.05, 0.1) is 38.0 Å². The van der Waals surface area contributed by atoms with Crippen molar-refractivity contribution in [3.05, 3.63) is 71.3 Å². The van der Waals surface area contributed by atoms with Crippen molar-refractivity contribution in [2.75, 3.05) is 39.5 Å². The van der Waals surface area contributed by atoms with Crippen LogP contribution in [0.15, 0.2) is 54.6 Å². The van der Waals surface area contributed by atoms with Crippen LogP contribution in [0.4, 0.5) is 13.2 Å². The topological polar surface area (TPSA) is 158 Å². The molecule has 0 aliphatic carbocycles. The molecule has 4 rings (SSSR count). The minimum Gasteiger partial charge on any atom is -0.379 e. The van der Waals surface area contributed by atoms with Gasteiger partial charge < -0.3 is 30.7 Å². The molecule has 4 N–H and O–H groups in total. The van der Waals surface area contributed by atoms with Crippen LogP contribution in [0.3, 0.4) is 0 Å². The molecule has 5 atom stereocenters. The molecule has 12 nitrogen and oxygen atoms in total. The molecule has 2 aromatic rings. The highest BCUT2D eigenvalue weighted by molar-refractivity contribution is 5.98. The van der Waals surface area contributed by atoms with E-state index in [1.54, 1.807) is 6.92 Å². The number of carbonyl (C=O) groups is 5. The number of morpholine rings is 1. The number of Topliss-reactive ketones (excluding diaryl/α,β-unsaturated/α-hetero) is 1. The van der Waals surface area contributed by atoms with E-state index in [1.807, 2.05) is 62.9 Å². The minimum absolute atomic E-state index is 0.00406. The number of alkyl halides is 3.